The first-order chi connectivity index (χ1) is 9.06. The number of benzene rings is 2. The molecule has 2 rings (SSSR count). The van der Waals surface area contributed by atoms with Crippen molar-refractivity contribution in [3.8, 4) is 0 Å². The smallest absolute Gasteiger partial charge is 0.337 e. The van der Waals surface area contributed by atoms with Crippen LogP contribution < -0.4 is 11.1 Å². The summed E-state index contributed by atoms with van der Waals surface area (Å²) in [6.45, 7) is 0.590. The average Bonchev–Trinajstić information content (AvgIpc) is 2.36. The van der Waals surface area contributed by atoms with Crippen molar-refractivity contribution < 1.29 is 9.90 Å². The Balaban J connectivity index is 2.08. The Morgan fingerprint density at radius 2 is 2.05 bits per heavy atom. The van der Waals surface area contributed by atoms with E-state index in [4.69, 9.17) is 22.4 Å². The molecule has 4 N–H and O–H groups in total. The minimum absolute atomic E-state index is 0.105. The number of carboxylic acids is 1. The first-order valence-electron chi connectivity index (χ1n) is 5.67. The van der Waals surface area contributed by atoms with E-state index in [2.05, 4.69) is 5.32 Å². The molecule has 0 heterocycles. The van der Waals surface area contributed by atoms with Crippen LogP contribution in [-0.4, -0.2) is 11.1 Å². The van der Waals surface area contributed by atoms with Crippen molar-refractivity contribution >= 4 is 28.9 Å². The van der Waals surface area contributed by atoms with Gasteiger partial charge in [-0.3, -0.25) is 0 Å². The second-order valence-electron chi connectivity index (χ2n) is 4.09. The fourth-order valence-electron chi connectivity index (χ4n) is 1.72. The molecule has 0 aliphatic heterocycles. The van der Waals surface area contributed by atoms with E-state index in [-0.39, 0.29) is 11.3 Å². The van der Waals surface area contributed by atoms with Gasteiger partial charge < -0.3 is 16.2 Å². The molecule has 0 radical (unpaired) electrons. The summed E-state index contributed by atoms with van der Waals surface area (Å²) in [5.41, 5.74) is 7.82. The number of anilines is 2. The van der Waals surface area contributed by atoms with E-state index < -0.39 is 5.97 Å². The molecule has 2 aromatic carbocycles. The molecule has 19 heavy (non-hydrogen) atoms. The fourth-order valence-corrected chi connectivity index (χ4v) is 1.93. The van der Waals surface area contributed by atoms with Gasteiger partial charge in [-0.25, -0.2) is 4.79 Å². The maximum absolute atomic E-state index is 10.8. The van der Waals surface area contributed by atoms with E-state index in [0.717, 1.165) is 11.3 Å². The van der Waals surface area contributed by atoms with Crippen LogP contribution in [0.15, 0.2) is 42.5 Å². The number of halogens is 1. The molecule has 0 saturated heterocycles. The number of hydrogen-bond donors (Lipinski definition) is 3. The van der Waals surface area contributed by atoms with Crippen LogP contribution in [0.1, 0.15) is 15.9 Å². The molecule has 0 amide bonds. The number of carboxylic acid groups (broad SMARTS) is 1. The topological polar surface area (TPSA) is 75.3 Å². The first kappa shape index (κ1) is 13.2. The molecule has 0 atom stereocenters. The summed E-state index contributed by atoms with van der Waals surface area (Å²) in [6.07, 6.45) is 0. The Bertz CT molecular complexity index is 614. The van der Waals surface area contributed by atoms with Gasteiger partial charge in [0.05, 0.1) is 5.56 Å². The summed E-state index contributed by atoms with van der Waals surface area (Å²) in [5.74, 6) is -1.03. The molecule has 0 unspecified atom stereocenters. The Morgan fingerprint density at radius 1 is 1.26 bits per heavy atom. The molecule has 0 aromatic heterocycles. The second-order valence-corrected chi connectivity index (χ2v) is 4.53. The number of nitrogens with one attached hydrogen (secondary N) is 1. The van der Waals surface area contributed by atoms with Gasteiger partial charge in [-0.15, -0.1) is 0 Å². The number of aromatic carboxylic acids is 1. The number of rotatable bonds is 4. The minimum Gasteiger partial charge on any atom is -0.478 e. The summed E-state index contributed by atoms with van der Waals surface area (Å²) in [5, 5.41) is 12.7. The molecular formula is C14H13ClN2O2. The highest BCUT2D eigenvalue weighted by atomic mass is 35.5. The van der Waals surface area contributed by atoms with Crippen molar-refractivity contribution in [2.24, 2.45) is 0 Å². The molecular weight excluding hydrogens is 264 g/mol. The third-order valence-corrected chi connectivity index (χ3v) is 2.90. The van der Waals surface area contributed by atoms with E-state index >= 15 is 0 Å². The fraction of sp³-hybridized carbons (Fsp3) is 0.0714. The molecule has 0 saturated carbocycles. The van der Waals surface area contributed by atoms with Crippen LogP contribution in [0.4, 0.5) is 11.4 Å². The lowest BCUT2D eigenvalue weighted by atomic mass is 10.1. The van der Waals surface area contributed by atoms with Gasteiger partial charge in [-0.1, -0.05) is 23.7 Å². The van der Waals surface area contributed by atoms with Gasteiger partial charge in [0.2, 0.25) is 0 Å². The molecule has 0 fully saturated rings. The monoisotopic (exact) mass is 276 g/mol. The zero-order valence-electron chi connectivity index (χ0n) is 10.1. The molecule has 0 spiro atoms. The Labute approximate surface area is 115 Å². The molecule has 5 heteroatoms. The van der Waals surface area contributed by atoms with Gasteiger partial charge in [0, 0.05) is 22.9 Å². The summed E-state index contributed by atoms with van der Waals surface area (Å²) in [7, 11) is 0. The van der Waals surface area contributed by atoms with E-state index in [1.165, 1.54) is 6.07 Å². The summed E-state index contributed by atoms with van der Waals surface area (Å²) in [6, 6.07) is 12.3. The maximum atomic E-state index is 10.8. The average molecular weight is 277 g/mol. The van der Waals surface area contributed by atoms with Gasteiger partial charge in [-0.2, -0.15) is 0 Å². The summed E-state index contributed by atoms with van der Waals surface area (Å²) in [4.78, 5) is 10.8. The minimum atomic E-state index is -1.03. The predicted octanol–water partition coefficient (Wildman–Crippen LogP) is 3.23. The lowest BCUT2D eigenvalue weighted by Gasteiger charge is -2.09. The van der Waals surface area contributed by atoms with E-state index in [1.54, 1.807) is 12.1 Å². The van der Waals surface area contributed by atoms with Gasteiger partial charge in [0.1, 0.15) is 0 Å². The van der Waals surface area contributed by atoms with E-state index in [1.807, 2.05) is 24.3 Å². The van der Waals surface area contributed by atoms with Crippen molar-refractivity contribution in [3.63, 3.8) is 0 Å². The highest BCUT2D eigenvalue weighted by Gasteiger charge is 2.07. The Hall–Kier alpha value is -2.20. The van der Waals surface area contributed by atoms with Crippen LogP contribution in [0, 0.1) is 0 Å². The zero-order valence-corrected chi connectivity index (χ0v) is 10.8. The number of nitrogens with two attached hydrogens (primary N) is 1. The van der Waals surface area contributed by atoms with Crippen LogP contribution in [0.25, 0.3) is 0 Å². The summed E-state index contributed by atoms with van der Waals surface area (Å²) < 4.78 is 0. The Kier molecular flexibility index (Phi) is 3.92. The van der Waals surface area contributed by atoms with Crippen LogP contribution in [0.3, 0.4) is 0 Å². The van der Waals surface area contributed by atoms with E-state index in [9.17, 15) is 4.79 Å². The second kappa shape index (κ2) is 5.63. The molecule has 98 valence electrons. The maximum Gasteiger partial charge on any atom is 0.337 e. The van der Waals surface area contributed by atoms with Crippen molar-refractivity contribution in [2.75, 3.05) is 11.1 Å². The van der Waals surface area contributed by atoms with Crippen LogP contribution in [0.2, 0.25) is 5.02 Å². The first-order valence-corrected chi connectivity index (χ1v) is 6.05. The van der Waals surface area contributed by atoms with Crippen molar-refractivity contribution in [2.45, 2.75) is 6.54 Å². The normalized spacial score (nSPS) is 10.2. The van der Waals surface area contributed by atoms with Crippen molar-refractivity contribution in [3.05, 3.63) is 58.6 Å². The number of carbonyl (C=O) groups is 1. The van der Waals surface area contributed by atoms with Crippen LogP contribution in [-0.2, 0) is 6.54 Å². The molecule has 0 aliphatic rings. The third-order valence-electron chi connectivity index (χ3n) is 2.67. The predicted molar refractivity (Wildman–Crippen MR) is 76.6 cm³/mol. The Morgan fingerprint density at radius 3 is 2.68 bits per heavy atom. The van der Waals surface area contributed by atoms with E-state index in [0.29, 0.717) is 11.6 Å². The lowest BCUT2D eigenvalue weighted by molar-refractivity contribution is 0.0698. The standard InChI is InChI=1S/C14H13ClN2O2/c15-10-3-1-2-9(6-10)8-17-11-4-5-12(14(18)19)13(16)7-11/h1-7,17H,8,16H2,(H,18,19). The molecule has 0 aliphatic carbocycles. The van der Waals surface area contributed by atoms with Crippen molar-refractivity contribution in [1.82, 2.24) is 0 Å². The number of hydrogen-bond acceptors (Lipinski definition) is 3. The van der Waals surface area contributed by atoms with Crippen LogP contribution in [0.5, 0.6) is 0 Å². The third kappa shape index (κ3) is 3.39. The SMILES string of the molecule is Nc1cc(NCc2cccc(Cl)c2)ccc1C(=O)O. The molecule has 4 nitrogen and oxygen atoms in total. The van der Waals surface area contributed by atoms with Gasteiger partial charge >= 0.3 is 5.97 Å². The molecule has 2 aromatic rings. The zero-order chi connectivity index (χ0) is 13.8. The van der Waals surface area contributed by atoms with Crippen molar-refractivity contribution in [1.29, 1.82) is 0 Å². The van der Waals surface area contributed by atoms with Gasteiger partial charge in [0.25, 0.3) is 0 Å². The number of nitrogen functional groups attached to an aromatic ring is 1. The summed E-state index contributed by atoms with van der Waals surface area (Å²) >= 11 is 5.89. The van der Waals surface area contributed by atoms with Gasteiger partial charge in [-0.05, 0) is 35.9 Å². The largest absolute Gasteiger partial charge is 0.478 e. The van der Waals surface area contributed by atoms with Crippen LogP contribution >= 0.6 is 11.6 Å². The highest BCUT2D eigenvalue weighted by molar-refractivity contribution is 6.30. The lowest BCUT2D eigenvalue weighted by Crippen LogP contribution is -2.04. The highest BCUT2D eigenvalue weighted by Crippen LogP contribution is 2.19. The molecule has 0 bridgehead atoms. The quantitative estimate of drug-likeness (QED) is 0.750. The van der Waals surface area contributed by atoms with Gasteiger partial charge in [0.15, 0.2) is 0 Å².